The summed E-state index contributed by atoms with van der Waals surface area (Å²) in [6, 6.07) is 0. The van der Waals surface area contributed by atoms with Crippen molar-refractivity contribution < 1.29 is 0 Å². The van der Waals surface area contributed by atoms with Crippen LogP contribution in [-0.2, 0) is 0 Å². The van der Waals surface area contributed by atoms with Crippen LogP contribution >= 0.6 is 0 Å². The molecule has 1 heteroatoms. The number of nitrogens with zero attached hydrogens (tertiary/aromatic N) is 1. The molecule has 0 fully saturated rings. The summed E-state index contributed by atoms with van der Waals surface area (Å²) in [5, 5.41) is 0. The summed E-state index contributed by atoms with van der Waals surface area (Å²) in [5.41, 5.74) is 0. The van der Waals surface area contributed by atoms with Crippen LogP contribution in [0.5, 0.6) is 0 Å². The lowest BCUT2D eigenvalue weighted by Gasteiger charge is -2.03. The molecule has 1 unspecified atom stereocenters. The van der Waals surface area contributed by atoms with Gasteiger partial charge in [0.2, 0.25) is 0 Å². The summed E-state index contributed by atoms with van der Waals surface area (Å²) in [4.78, 5) is 4.05. The molecule has 0 N–H and O–H groups in total. The molecule has 0 radical (unpaired) electrons. The van der Waals surface area contributed by atoms with Crippen molar-refractivity contribution in [3.05, 3.63) is 12.2 Å². The number of allylic oxidation sites excluding steroid dienone is 2. The third-order valence-electron chi connectivity index (χ3n) is 1.95. The second-order valence-electron chi connectivity index (χ2n) is 3.07. The van der Waals surface area contributed by atoms with Gasteiger partial charge in [-0.25, -0.2) is 0 Å². The molecule has 0 aromatic carbocycles. The van der Waals surface area contributed by atoms with E-state index in [0.29, 0.717) is 5.92 Å². The molecule has 0 aliphatic heterocycles. The molecule has 70 valence electrons. The number of unbranched alkanes of at least 4 members (excludes halogenated alkanes) is 1. The quantitative estimate of drug-likeness (QED) is 0.424. The van der Waals surface area contributed by atoms with Gasteiger partial charge in [0.05, 0.1) is 0 Å². The van der Waals surface area contributed by atoms with Gasteiger partial charge in [0.25, 0.3) is 0 Å². The smallest absolute Gasteiger partial charge is 0.0273 e. The van der Waals surface area contributed by atoms with Crippen molar-refractivity contribution in [2.45, 2.75) is 39.5 Å². The van der Waals surface area contributed by atoms with E-state index in [0.717, 1.165) is 6.42 Å². The van der Waals surface area contributed by atoms with Crippen molar-refractivity contribution in [1.82, 2.24) is 0 Å². The fourth-order valence-electron chi connectivity index (χ4n) is 1.10. The highest BCUT2D eigenvalue weighted by Crippen LogP contribution is 2.06. The molecule has 0 saturated heterocycles. The lowest BCUT2D eigenvalue weighted by atomic mass is 10.0. The topological polar surface area (TPSA) is 12.4 Å². The van der Waals surface area contributed by atoms with Crippen LogP contribution in [0.25, 0.3) is 0 Å². The van der Waals surface area contributed by atoms with Crippen LogP contribution in [-0.4, -0.2) is 13.3 Å². The minimum atomic E-state index is 0.642. The van der Waals surface area contributed by atoms with Gasteiger partial charge in [-0.05, 0) is 25.2 Å². The molecule has 0 bridgehead atoms. The normalized spacial score (nSPS) is 14.6. The van der Waals surface area contributed by atoms with Gasteiger partial charge < -0.3 is 4.99 Å². The molecule has 0 aromatic rings. The molecule has 0 amide bonds. The number of hydrogen-bond donors (Lipinski definition) is 0. The van der Waals surface area contributed by atoms with E-state index in [1.54, 1.807) is 0 Å². The number of aliphatic imine (C=N–C) groups is 1. The minimum absolute atomic E-state index is 0.642. The molecule has 0 spiro atoms. The zero-order chi connectivity index (χ0) is 9.23. The monoisotopic (exact) mass is 167 g/mol. The van der Waals surface area contributed by atoms with Crippen LogP contribution in [0, 0.1) is 5.92 Å². The van der Waals surface area contributed by atoms with Crippen molar-refractivity contribution in [3.63, 3.8) is 0 Å². The van der Waals surface area contributed by atoms with Gasteiger partial charge in [0.15, 0.2) is 0 Å². The largest absolute Gasteiger partial charge is 0.301 e. The van der Waals surface area contributed by atoms with Crippen LogP contribution in [0.15, 0.2) is 17.1 Å². The van der Waals surface area contributed by atoms with Crippen molar-refractivity contribution in [3.8, 4) is 0 Å². The first-order valence-electron chi connectivity index (χ1n) is 4.92. The first-order chi connectivity index (χ1) is 5.85. The summed E-state index contributed by atoms with van der Waals surface area (Å²) >= 11 is 0. The first kappa shape index (κ1) is 11.4. The summed E-state index contributed by atoms with van der Waals surface area (Å²) < 4.78 is 0. The first-order valence-corrected chi connectivity index (χ1v) is 4.92. The van der Waals surface area contributed by atoms with E-state index in [2.05, 4.69) is 37.2 Å². The van der Waals surface area contributed by atoms with Crippen LogP contribution in [0.4, 0.5) is 0 Å². The molecular formula is C11H21N. The van der Waals surface area contributed by atoms with Gasteiger partial charge in [-0.15, -0.1) is 0 Å². The maximum absolute atomic E-state index is 4.05. The van der Waals surface area contributed by atoms with Crippen LogP contribution < -0.4 is 0 Å². The Morgan fingerprint density at radius 3 is 2.50 bits per heavy atom. The molecule has 0 heterocycles. The zero-order valence-electron chi connectivity index (χ0n) is 8.59. The van der Waals surface area contributed by atoms with Crippen molar-refractivity contribution >= 4 is 6.21 Å². The van der Waals surface area contributed by atoms with Crippen LogP contribution in [0.1, 0.15) is 39.5 Å². The molecule has 1 nitrogen and oxygen atoms in total. The lowest BCUT2D eigenvalue weighted by Crippen LogP contribution is -1.97. The molecule has 0 aliphatic rings. The standard InChI is InChI=1S/C11H21N/c1-4-6-7-8-9-11(5-2)10-12-3/h7-8,10-11H,4-6,9H2,1-3H3/b8-7+,12-10+. The Morgan fingerprint density at radius 1 is 1.25 bits per heavy atom. The second kappa shape index (κ2) is 8.51. The minimum Gasteiger partial charge on any atom is -0.301 e. The van der Waals surface area contributed by atoms with Crippen molar-refractivity contribution in [2.24, 2.45) is 10.9 Å². The van der Waals surface area contributed by atoms with Gasteiger partial charge in [-0.2, -0.15) is 0 Å². The third-order valence-corrected chi connectivity index (χ3v) is 1.95. The highest BCUT2D eigenvalue weighted by atomic mass is 14.6. The van der Waals surface area contributed by atoms with E-state index in [9.17, 15) is 0 Å². The highest BCUT2D eigenvalue weighted by molar-refractivity contribution is 5.60. The summed E-state index contributed by atoms with van der Waals surface area (Å²) in [6.07, 6.45) is 11.4. The van der Waals surface area contributed by atoms with E-state index < -0.39 is 0 Å². The fraction of sp³-hybridized carbons (Fsp3) is 0.727. The van der Waals surface area contributed by atoms with E-state index in [-0.39, 0.29) is 0 Å². The predicted molar refractivity (Wildman–Crippen MR) is 56.9 cm³/mol. The predicted octanol–water partition coefficient (Wildman–Crippen LogP) is 3.46. The Hall–Kier alpha value is -0.590. The number of rotatable bonds is 6. The van der Waals surface area contributed by atoms with E-state index >= 15 is 0 Å². The Labute approximate surface area is 76.6 Å². The van der Waals surface area contributed by atoms with E-state index in [1.165, 1.54) is 19.3 Å². The van der Waals surface area contributed by atoms with E-state index in [1.807, 2.05) is 7.05 Å². The maximum Gasteiger partial charge on any atom is 0.0273 e. The maximum atomic E-state index is 4.05. The van der Waals surface area contributed by atoms with Crippen LogP contribution in [0.3, 0.4) is 0 Å². The lowest BCUT2D eigenvalue weighted by molar-refractivity contribution is 0.687. The summed E-state index contributed by atoms with van der Waals surface area (Å²) in [6.45, 7) is 4.41. The van der Waals surface area contributed by atoms with Gasteiger partial charge in [-0.3, -0.25) is 0 Å². The van der Waals surface area contributed by atoms with E-state index in [4.69, 9.17) is 0 Å². The Morgan fingerprint density at radius 2 is 2.00 bits per heavy atom. The van der Waals surface area contributed by atoms with Gasteiger partial charge >= 0.3 is 0 Å². The van der Waals surface area contributed by atoms with Gasteiger partial charge in [0.1, 0.15) is 0 Å². The Kier molecular flexibility index (Phi) is 8.09. The fourth-order valence-corrected chi connectivity index (χ4v) is 1.10. The molecule has 12 heavy (non-hydrogen) atoms. The SMILES string of the molecule is CCC/C=C/CC(/C=N/C)CC. The average molecular weight is 167 g/mol. The molecule has 0 aliphatic carbocycles. The molecule has 0 aromatic heterocycles. The highest BCUT2D eigenvalue weighted by Gasteiger charge is 1.97. The summed E-state index contributed by atoms with van der Waals surface area (Å²) in [5.74, 6) is 0.642. The van der Waals surface area contributed by atoms with Crippen molar-refractivity contribution in [1.29, 1.82) is 0 Å². The molecule has 1 atom stereocenters. The third kappa shape index (κ3) is 6.14. The molecular weight excluding hydrogens is 146 g/mol. The van der Waals surface area contributed by atoms with Crippen molar-refractivity contribution in [2.75, 3.05) is 7.05 Å². The summed E-state index contributed by atoms with van der Waals surface area (Å²) in [7, 11) is 1.85. The second-order valence-corrected chi connectivity index (χ2v) is 3.07. The Balaban J connectivity index is 3.56. The Bertz CT molecular complexity index is 136. The van der Waals surface area contributed by atoms with Crippen LogP contribution in [0.2, 0.25) is 0 Å². The molecule has 0 saturated carbocycles. The number of hydrogen-bond acceptors (Lipinski definition) is 1. The van der Waals surface area contributed by atoms with Gasteiger partial charge in [0, 0.05) is 13.3 Å². The average Bonchev–Trinajstić information content (AvgIpc) is 2.10. The zero-order valence-corrected chi connectivity index (χ0v) is 8.59. The molecule has 0 rings (SSSR count). The van der Waals surface area contributed by atoms with Gasteiger partial charge in [-0.1, -0.05) is 32.4 Å².